The van der Waals surface area contributed by atoms with E-state index in [1.54, 1.807) is 10.3 Å². The van der Waals surface area contributed by atoms with Gasteiger partial charge in [0.15, 0.2) is 5.13 Å². The van der Waals surface area contributed by atoms with Gasteiger partial charge in [-0.3, -0.25) is 9.59 Å². The summed E-state index contributed by atoms with van der Waals surface area (Å²) in [5, 5.41) is 2.00. The monoisotopic (exact) mass is 254 g/mol. The molecule has 1 saturated heterocycles. The summed E-state index contributed by atoms with van der Waals surface area (Å²) >= 11 is 1.23. The number of hydrogen-bond acceptors (Lipinski definition) is 5. The van der Waals surface area contributed by atoms with Gasteiger partial charge in [0.1, 0.15) is 5.69 Å². The highest BCUT2D eigenvalue weighted by molar-refractivity contribution is 7.13. The number of piperidine rings is 1. The first kappa shape index (κ1) is 11.8. The van der Waals surface area contributed by atoms with Crippen LogP contribution in [-0.2, 0) is 4.79 Å². The zero-order valence-electron chi connectivity index (χ0n) is 9.26. The zero-order chi connectivity index (χ0) is 12.4. The molecule has 17 heavy (non-hydrogen) atoms. The molecule has 0 radical (unpaired) electrons. The van der Waals surface area contributed by atoms with Crippen LogP contribution in [0.15, 0.2) is 5.38 Å². The molecule has 0 aliphatic carbocycles. The molecule has 92 valence electrons. The van der Waals surface area contributed by atoms with Crippen molar-refractivity contribution in [3.8, 4) is 0 Å². The molecule has 1 aromatic heterocycles. The lowest BCUT2D eigenvalue weighted by molar-refractivity contribution is -0.123. The van der Waals surface area contributed by atoms with Crippen LogP contribution in [0, 0.1) is 5.92 Å². The summed E-state index contributed by atoms with van der Waals surface area (Å²) in [6.07, 6.45) is 1.54. The van der Waals surface area contributed by atoms with Crippen molar-refractivity contribution in [1.29, 1.82) is 0 Å². The van der Waals surface area contributed by atoms with Gasteiger partial charge in [-0.2, -0.15) is 0 Å². The first-order chi connectivity index (χ1) is 8.08. The van der Waals surface area contributed by atoms with Crippen molar-refractivity contribution >= 4 is 28.3 Å². The number of nitrogens with two attached hydrogens (primary N) is 2. The second-order valence-corrected chi connectivity index (χ2v) is 4.95. The Kier molecular flexibility index (Phi) is 3.28. The Morgan fingerprint density at radius 1 is 1.53 bits per heavy atom. The summed E-state index contributed by atoms with van der Waals surface area (Å²) in [4.78, 5) is 28.7. The maximum atomic E-state index is 12.0. The standard InChI is InChI=1S/C10H14N4O2S/c11-8(15)6-2-1-3-14(4-6)9(16)7-5-17-10(12)13-7/h5-6H,1-4H2,(H2,11,15)(H2,12,13). The molecule has 1 aliphatic rings. The van der Waals surface area contributed by atoms with Crippen LogP contribution in [0.3, 0.4) is 0 Å². The summed E-state index contributed by atoms with van der Waals surface area (Å²) in [5.41, 5.74) is 11.1. The molecule has 0 aromatic carbocycles. The van der Waals surface area contributed by atoms with Crippen LogP contribution >= 0.6 is 11.3 Å². The summed E-state index contributed by atoms with van der Waals surface area (Å²) < 4.78 is 0. The van der Waals surface area contributed by atoms with Crippen molar-refractivity contribution in [1.82, 2.24) is 9.88 Å². The predicted octanol–water partition coefficient (Wildman–Crippen LogP) is 0.0628. The Bertz CT molecular complexity index is 445. The van der Waals surface area contributed by atoms with E-state index in [1.807, 2.05) is 0 Å². The first-order valence-electron chi connectivity index (χ1n) is 5.37. The fourth-order valence-corrected chi connectivity index (χ4v) is 2.48. The van der Waals surface area contributed by atoms with Crippen LogP contribution in [0.1, 0.15) is 23.3 Å². The topological polar surface area (TPSA) is 102 Å². The van der Waals surface area contributed by atoms with Gasteiger partial charge in [-0.05, 0) is 12.8 Å². The fourth-order valence-electron chi connectivity index (χ4n) is 1.94. The van der Waals surface area contributed by atoms with Crippen molar-refractivity contribution in [3.05, 3.63) is 11.1 Å². The van der Waals surface area contributed by atoms with E-state index in [9.17, 15) is 9.59 Å². The number of carbonyl (C=O) groups is 2. The Morgan fingerprint density at radius 2 is 2.29 bits per heavy atom. The van der Waals surface area contributed by atoms with Gasteiger partial charge >= 0.3 is 0 Å². The highest BCUT2D eigenvalue weighted by Gasteiger charge is 2.28. The van der Waals surface area contributed by atoms with Crippen molar-refractivity contribution in [2.75, 3.05) is 18.8 Å². The molecule has 7 heteroatoms. The molecule has 1 fully saturated rings. The summed E-state index contributed by atoms with van der Waals surface area (Å²) in [6, 6.07) is 0. The number of carbonyl (C=O) groups excluding carboxylic acids is 2. The Morgan fingerprint density at radius 3 is 2.88 bits per heavy atom. The van der Waals surface area contributed by atoms with E-state index < -0.39 is 0 Å². The Hall–Kier alpha value is -1.63. The lowest BCUT2D eigenvalue weighted by Gasteiger charge is -2.30. The minimum absolute atomic E-state index is 0.177. The number of nitrogens with zero attached hydrogens (tertiary/aromatic N) is 2. The van der Waals surface area contributed by atoms with E-state index in [1.165, 1.54) is 11.3 Å². The third kappa shape index (κ3) is 2.55. The Balaban J connectivity index is 2.07. The van der Waals surface area contributed by atoms with Crippen LogP contribution in [-0.4, -0.2) is 34.8 Å². The minimum Gasteiger partial charge on any atom is -0.375 e. The average Bonchev–Trinajstić information content (AvgIpc) is 2.75. The number of anilines is 1. The highest BCUT2D eigenvalue weighted by atomic mass is 32.1. The lowest BCUT2D eigenvalue weighted by atomic mass is 9.97. The molecule has 6 nitrogen and oxygen atoms in total. The van der Waals surface area contributed by atoms with Crippen LogP contribution < -0.4 is 11.5 Å². The maximum absolute atomic E-state index is 12.0. The predicted molar refractivity (Wildman–Crippen MR) is 64.3 cm³/mol. The maximum Gasteiger partial charge on any atom is 0.273 e. The molecule has 2 heterocycles. The summed E-state index contributed by atoms with van der Waals surface area (Å²) in [6.45, 7) is 1.02. The minimum atomic E-state index is -0.347. The molecule has 4 N–H and O–H groups in total. The normalized spacial score (nSPS) is 20.2. The number of amides is 2. The molecule has 0 spiro atoms. The zero-order valence-corrected chi connectivity index (χ0v) is 10.1. The number of rotatable bonds is 2. The van der Waals surface area contributed by atoms with Crippen molar-refractivity contribution in [3.63, 3.8) is 0 Å². The summed E-state index contributed by atoms with van der Waals surface area (Å²) in [5.74, 6) is -0.770. The van der Waals surface area contributed by atoms with Gasteiger partial charge in [-0.25, -0.2) is 4.98 Å². The van der Waals surface area contributed by atoms with Crippen LogP contribution in [0.25, 0.3) is 0 Å². The van der Waals surface area contributed by atoms with Crippen molar-refractivity contribution < 1.29 is 9.59 Å². The van der Waals surface area contributed by atoms with E-state index in [2.05, 4.69) is 4.98 Å². The van der Waals surface area contributed by atoms with Gasteiger partial charge in [-0.1, -0.05) is 0 Å². The number of hydrogen-bond donors (Lipinski definition) is 2. The van der Waals surface area contributed by atoms with E-state index in [-0.39, 0.29) is 17.7 Å². The molecule has 1 aromatic rings. The first-order valence-corrected chi connectivity index (χ1v) is 6.25. The summed E-state index contributed by atoms with van der Waals surface area (Å²) in [7, 11) is 0. The van der Waals surface area contributed by atoms with E-state index in [0.717, 1.165) is 12.8 Å². The number of likely N-dealkylation sites (tertiary alicyclic amines) is 1. The van der Waals surface area contributed by atoms with Gasteiger partial charge in [-0.15, -0.1) is 11.3 Å². The van der Waals surface area contributed by atoms with Gasteiger partial charge < -0.3 is 16.4 Å². The van der Waals surface area contributed by atoms with Gasteiger partial charge in [0.05, 0.1) is 5.92 Å². The SMILES string of the molecule is NC(=O)C1CCCN(C(=O)c2csc(N)n2)C1. The largest absolute Gasteiger partial charge is 0.375 e. The quantitative estimate of drug-likeness (QED) is 0.779. The van der Waals surface area contributed by atoms with Gasteiger partial charge in [0.25, 0.3) is 5.91 Å². The van der Waals surface area contributed by atoms with Crippen LogP contribution in [0.4, 0.5) is 5.13 Å². The molecule has 1 aliphatic heterocycles. The van der Waals surface area contributed by atoms with Gasteiger partial charge in [0, 0.05) is 18.5 Å². The smallest absolute Gasteiger partial charge is 0.273 e. The number of thiazole rings is 1. The van der Waals surface area contributed by atoms with E-state index >= 15 is 0 Å². The second kappa shape index (κ2) is 4.70. The second-order valence-electron chi connectivity index (χ2n) is 4.06. The van der Waals surface area contributed by atoms with E-state index in [0.29, 0.717) is 23.9 Å². The molecule has 1 unspecified atom stereocenters. The molecule has 0 saturated carbocycles. The molecule has 2 rings (SSSR count). The van der Waals surface area contributed by atoms with Crippen molar-refractivity contribution in [2.24, 2.45) is 11.7 Å². The average molecular weight is 254 g/mol. The van der Waals surface area contributed by atoms with Crippen molar-refractivity contribution in [2.45, 2.75) is 12.8 Å². The molecule has 2 amide bonds. The van der Waals surface area contributed by atoms with Crippen LogP contribution in [0.2, 0.25) is 0 Å². The van der Waals surface area contributed by atoms with Gasteiger partial charge in [0.2, 0.25) is 5.91 Å². The molecular weight excluding hydrogens is 240 g/mol. The highest BCUT2D eigenvalue weighted by Crippen LogP contribution is 2.19. The number of aromatic nitrogens is 1. The third-order valence-electron chi connectivity index (χ3n) is 2.85. The Labute approximate surface area is 103 Å². The number of nitrogen functional groups attached to an aromatic ring is 1. The lowest BCUT2D eigenvalue weighted by Crippen LogP contribution is -2.44. The molecule has 1 atom stereocenters. The van der Waals surface area contributed by atoms with Crippen LogP contribution in [0.5, 0.6) is 0 Å². The fraction of sp³-hybridized carbons (Fsp3) is 0.500. The number of primary amides is 1. The third-order valence-corrected chi connectivity index (χ3v) is 3.53. The molecular formula is C10H14N4O2S. The van der Waals surface area contributed by atoms with E-state index in [4.69, 9.17) is 11.5 Å². The molecule has 0 bridgehead atoms.